The summed E-state index contributed by atoms with van der Waals surface area (Å²) >= 11 is 0. The van der Waals surface area contributed by atoms with Crippen LogP contribution in [0.2, 0.25) is 0 Å². The highest BCUT2D eigenvalue weighted by molar-refractivity contribution is 6.17. The number of methoxy groups -OCH3 is 1. The molecule has 2 fully saturated rings. The minimum Gasteiger partial charge on any atom is -0.385 e. The molecular formula is C31H38N4O4. The zero-order valence-corrected chi connectivity index (χ0v) is 22.8. The van der Waals surface area contributed by atoms with Crippen LogP contribution in [-0.2, 0) is 9.53 Å². The van der Waals surface area contributed by atoms with Crippen LogP contribution in [0, 0.1) is 5.92 Å². The van der Waals surface area contributed by atoms with Gasteiger partial charge < -0.3 is 19.4 Å². The van der Waals surface area contributed by atoms with Crippen LogP contribution in [0.4, 0.5) is 5.69 Å². The van der Waals surface area contributed by atoms with Crippen LogP contribution < -0.4 is 4.90 Å². The first-order valence-corrected chi connectivity index (χ1v) is 14.4. The summed E-state index contributed by atoms with van der Waals surface area (Å²) in [5.74, 6) is 0.0272. The molecule has 8 nitrogen and oxygen atoms in total. The lowest BCUT2D eigenvalue weighted by Crippen LogP contribution is -2.54. The summed E-state index contributed by atoms with van der Waals surface area (Å²) in [4.78, 5) is 49.3. The van der Waals surface area contributed by atoms with E-state index in [1.165, 1.54) is 25.7 Å². The Kier molecular flexibility index (Phi) is 7.40. The van der Waals surface area contributed by atoms with Crippen LogP contribution in [0.3, 0.4) is 0 Å². The Balaban J connectivity index is 1.28. The molecule has 0 spiro atoms. The average Bonchev–Trinajstić information content (AvgIpc) is 3.27. The molecule has 0 radical (unpaired) electrons. The maximum Gasteiger partial charge on any atom is 0.260 e. The van der Waals surface area contributed by atoms with Crippen LogP contribution in [0.25, 0.3) is 0 Å². The van der Waals surface area contributed by atoms with Crippen molar-refractivity contribution in [1.82, 2.24) is 14.7 Å². The molecule has 0 aromatic heterocycles. The SMILES string of the molecule is COCCCN(C[C@@H]1CCCN2CCCC[C@H]12)C(=O)CN1C(=O)c2ccccc2N2C(=O)c3ccccc3[C@@H]12. The molecule has 6 rings (SSSR count). The molecule has 2 aromatic carbocycles. The van der Waals surface area contributed by atoms with Gasteiger partial charge in [0.25, 0.3) is 11.8 Å². The van der Waals surface area contributed by atoms with E-state index in [2.05, 4.69) is 4.90 Å². The van der Waals surface area contributed by atoms with Gasteiger partial charge in [0.2, 0.25) is 5.91 Å². The van der Waals surface area contributed by atoms with Crippen molar-refractivity contribution in [1.29, 1.82) is 0 Å². The number of fused-ring (bicyclic) bond motifs is 6. The third-order valence-corrected chi connectivity index (χ3v) is 9.00. The van der Waals surface area contributed by atoms with E-state index in [4.69, 9.17) is 4.74 Å². The fourth-order valence-electron chi connectivity index (χ4n) is 7.17. The van der Waals surface area contributed by atoms with Crippen LogP contribution in [0.5, 0.6) is 0 Å². The predicted octanol–water partition coefficient (Wildman–Crippen LogP) is 3.93. The molecular weight excluding hydrogens is 492 g/mol. The largest absolute Gasteiger partial charge is 0.385 e. The van der Waals surface area contributed by atoms with E-state index in [-0.39, 0.29) is 24.3 Å². The Morgan fingerprint density at radius 2 is 1.72 bits per heavy atom. The highest BCUT2D eigenvalue weighted by atomic mass is 16.5. The molecule has 4 aliphatic heterocycles. The monoisotopic (exact) mass is 530 g/mol. The number of anilines is 1. The van der Waals surface area contributed by atoms with Crippen molar-refractivity contribution < 1.29 is 19.1 Å². The Labute approximate surface area is 230 Å². The van der Waals surface area contributed by atoms with Crippen molar-refractivity contribution in [2.24, 2.45) is 5.92 Å². The van der Waals surface area contributed by atoms with Crippen molar-refractivity contribution >= 4 is 23.4 Å². The average molecular weight is 531 g/mol. The van der Waals surface area contributed by atoms with E-state index in [0.29, 0.717) is 48.5 Å². The molecule has 0 unspecified atom stereocenters. The number of carbonyl (C=O) groups is 3. The third-order valence-electron chi connectivity index (χ3n) is 9.00. The van der Waals surface area contributed by atoms with Gasteiger partial charge in [-0.2, -0.15) is 0 Å². The van der Waals surface area contributed by atoms with Crippen molar-refractivity contribution in [2.75, 3.05) is 51.3 Å². The smallest absolute Gasteiger partial charge is 0.260 e. The first kappa shape index (κ1) is 26.0. The van der Waals surface area contributed by atoms with E-state index in [9.17, 15) is 14.4 Å². The lowest BCUT2D eigenvalue weighted by molar-refractivity contribution is -0.134. The Bertz CT molecular complexity index is 1250. The maximum absolute atomic E-state index is 14.1. The second-order valence-corrected chi connectivity index (χ2v) is 11.3. The first-order chi connectivity index (χ1) is 19.1. The Hall–Kier alpha value is -3.23. The molecule has 8 heteroatoms. The lowest BCUT2D eigenvalue weighted by Gasteiger charge is -2.46. The summed E-state index contributed by atoms with van der Waals surface area (Å²) in [7, 11) is 1.68. The van der Waals surface area contributed by atoms with Gasteiger partial charge in [-0.05, 0) is 69.3 Å². The summed E-state index contributed by atoms with van der Waals surface area (Å²) in [5, 5.41) is 0. The van der Waals surface area contributed by atoms with Crippen molar-refractivity contribution in [3.05, 3.63) is 65.2 Å². The van der Waals surface area contributed by atoms with E-state index in [1.54, 1.807) is 35.1 Å². The molecule has 2 saturated heterocycles. The van der Waals surface area contributed by atoms with Gasteiger partial charge in [0.15, 0.2) is 0 Å². The molecule has 4 heterocycles. The van der Waals surface area contributed by atoms with Gasteiger partial charge >= 0.3 is 0 Å². The van der Waals surface area contributed by atoms with Crippen LogP contribution >= 0.6 is 0 Å². The molecule has 39 heavy (non-hydrogen) atoms. The molecule has 3 atom stereocenters. The zero-order valence-electron chi connectivity index (χ0n) is 22.8. The normalized spacial score (nSPS) is 24.2. The molecule has 4 aliphatic rings. The first-order valence-electron chi connectivity index (χ1n) is 14.4. The third kappa shape index (κ3) is 4.74. The second kappa shape index (κ2) is 11.1. The van der Waals surface area contributed by atoms with E-state index < -0.39 is 6.17 Å². The number of benzene rings is 2. The number of carbonyl (C=O) groups excluding carboxylic acids is 3. The molecule has 0 saturated carbocycles. The van der Waals surface area contributed by atoms with Crippen LogP contribution in [0.15, 0.2) is 48.5 Å². The number of para-hydroxylation sites is 1. The molecule has 0 aliphatic carbocycles. The number of piperidine rings is 2. The number of rotatable bonds is 8. The van der Waals surface area contributed by atoms with E-state index in [1.807, 2.05) is 35.2 Å². The second-order valence-electron chi connectivity index (χ2n) is 11.3. The summed E-state index contributed by atoms with van der Waals surface area (Å²) < 4.78 is 5.31. The highest BCUT2D eigenvalue weighted by Crippen LogP contribution is 2.45. The topological polar surface area (TPSA) is 73.4 Å². The summed E-state index contributed by atoms with van der Waals surface area (Å²) in [6.07, 6.45) is 6.13. The quantitative estimate of drug-likeness (QED) is 0.484. The zero-order chi connectivity index (χ0) is 26.9. The van der Waals surface area contributed by atoms with E-state index in [0.717, 1.165) is 31.5 Å². The highest BCUT2D eigenvalue weighted by Gasteiger charge is 2.48. The van der Waals surface area contributed by atoms with Crippen molar-refractivity contribution in [3.8, 4) is 0 Å². The van der Waals surface area contributed by atoms with Crippen molar-refractivity contribution in [2.45, 2.75) is 50.7 Å². The van der Waals surface area contributed by atoms with Gasteiger partial charge in [0.05, 0.1) is 11.3 Å². The van der Waals surface area contributed by atoms with Gasteiger partial charge in [0.1, 0.15) is 12.7 Å². The molecule has 206 valence electrons. The minimum atomic E-state index is -0.621. The van der Waals surface area contributed by atoms with Gasteiger partial charge in [-0.15, -0.1) is 0 Å². The van der Waals surface area contributed by atoms with Crippen LogP contribution in [-0.4, -0.2) is 84.9 Å². The molecule has 0 N–H and O–H groups in total. The summed E-state index contributed by atoms with van der Waals surface area (Å²) in [6.45, 7) is 4.13. The minimum absolute atomic E-state index is 0.0654. The van der Waals surface area contributed by atoms with Crippen molar-refractivity contribution in [3.63, 3.8) is 0 Å². The van der Waals surface area contributed by atoms with Crippen LogP contribution in [0.1, 0.15) is 71.0 Å². The molecule has 2 aromatic rings. The van der Waals surface area contributed by atoms with Gasteiger partial charge in [0, 0.05) is 44.0 Å². The van der Waals surface area contributed by atoms with Gasteiger partial charge in [-0.3, -0.25) is 19.3 Å². The van der Waals surface area contributed by atoms with E-state index >= 15 is 0 Å². The Morgan fingerprint density at radius 3 is 2.56 bits per heavy atom. The fourth-order valence-corrected chi connectivity index (χ4v) is 7.17. The lowest BCUT2D eigenvalue weighted by atomic mass is 9.83. The predicted molar refractivity (Wildman–Crippen MR) is 148 cm³/mol. The number of nitrogens with zero attached hydrogens (tertiary/aromatic N) is 4. The van der Waals surface area contributed by atoms with Gasteiger partial charge in [-0.1, -0.05) is 36.8 Å². The standard InChI is InChI=1S/C31H38N4O4/c1-39-19-9-18-33(20-22-10-8-17-32-16-7-6-14-26(22)32)28(36)21-34-29-23-11-2-3-12-24(23)31(38)35(29)27-15-5-4-13-25(27)30(34)37/h2-5,11-13,15,22,26,29H,6-10,14,16-21H2,1H3/t22-,26+,29-/m0/s1. The fraction of sp³-hybridized carbons (Fsp3) is 0.516. The molecule has 3 amide bonds. The number of hydrogen-bond acceptors (Lipinski definition) is 5. The molecule has 0 bridgehead atoms. The van der Waals surface area contributed by atoms with Gasteiger partial charge in [-0.25, -0.2) is 0 Å². The maximum atomic E-state index is 14.1. The summed E-state index contributed by atoms with van der Waals surface area (Å²) in [6, 6.07) is 15.2. The summed E-state index contributed by atoms with van der Waals surface area (Å²) in [5.41, 5.74) is 2.42. The Morgan fingerprint density at radius 1 is 0.949 bits per heavy atom. The number of ether oxygens (including phenoxy) is 1. The number of hydrogen-bond donors (Lipinski definition) is 0. The number of amides is 3.